The first-order valence-corrected chi connectivity index (χ1v) is 7.64. The third-order valence-electron chi connectivity index (χ3n) is 3.52. The molecule has 0 bridgehead atoms. The molecule has 6 nitrogen and oxygen atoms in total. The van der Waals surface area contributed by atoms with Gasteiger partial charge in [-0.25, -0.2) is 9.59 Å². The smallest absolute Gasteiger partial charge is 0.433 e. The van der Waals surface area contributed by atoms with E-state index >= 15 is 0 Å². The predicted molar refractivity (Wildman–Crippen MR) is 89.2 cm³/mol. The van der Waals surface area contributed by atoms with Crippen LogP contribution in [0.25, 0.3) is 5.57 Å². The fourth-order valence-corrected chi connectivity index (χ4v) is 2.10. The first kappa shape index (κ1) is 20.0. The van der Waals surface area contributed by atoms with Crippen LogP contribution in [0.4, 0.5) is 18.0 Å². The van der Waals surface area contributed by atoms with Crippen LogP contribution >= 0.6 is 0 Å². The zero-order valence-electron chi connectivity index (χ0n) is 14.1. The van der Waals surface area contributed by atoms with Crippen LogP contribution < -0.4 is 5.32 Å². The number of carboxylic acids is 1. The normalized spacial score (nSPS) is 12.1. The number of carbonyl (C=O) groups is 2. The summed E-state index contributed by atoms with van der Waals surface area (Å²) >= 11 is 0. The number of nitrogens with one attached hydrogen (secondary N) is 1. The van der Waals surface area contributed by atoms with Crippen molar-refractivity contribution >= 4 is 17.6 Å². The topological polar surface area (TPSA) is 88.5 Å². The number of aliphatic carboxylic acids is 1. The Bertz CT molecular complexity index is 847. The van der Waals surface area contributed by atoms with Crippen molar-refractivity contribution in [2.45, 2.75) is 19.7 Å². The molecular weight excluding hydrogens is 365 g/mol. The van der Waals surface area contributed by atoms with Crippen LogP contribution in [0, 0.1) is 0 Å². The number of rotatable bonds is 5. The maximum Gasteiger partial charge on any atom is 0.433 e. The number of alkyl carbamates (subject to hydrolysis) is 1. The molecule has 1 aromatic carbocycles. The number of allylic oxidation sites excluding steroid dienone is 1. The van der Waals surface area contributed by atoms with E-state index < -0.39 is 29.6 Å². The molecule has 2 rings (SSSR count). The maximum absolute atomic E-state index is 12.6. The Morgan fingerprint density at radius 1 is 1.15 bits per heavy atom. The molecular formula is C18H15F3N2O4. The van der Waals surface area contributed by atoms with Crippen molar-refractivity contribution in [3.8, 4) is 0 Å². The SMILES string of the molecule is C/C(=C(\NC(=O)OCc1ccccc1)C(=O)O)c1ccc(C(F)(F)F)nc1. The highest BCUT2D eigenvalue weighted by Crippen LogP contribution is 2.28. The van der Waals surface area contributed by atoms with E-state index in [2.05, 4.69) is 10.3 Å². The predicted octanol–water partition coefficient (Wildman–Crippen LogP) is 3.84. The van der Waals surface area contributed by atoms with Gasteiger partial charge < -0.3 is 9.84 Å². The molecule has 1 amide bonds. The fourth-order valence-electron chi connectivity index (χ4n) is 2.10. The van der Waals surface area contributed by atoms with Gasteiger partial charge in [0.2, 0.25) is 0 Å². The van der Waals surface area contributed by atoms with Gasteiger partial charge in [-0.15, -0.1) is 0 Å². The Labute approximate surface area is 152 Å². The van der Waals surface area contributed by atoms with Crippen LogP contribution in [0.5, 0.6) is 0 Å². The second-order valence-electron chi connectivity index (χ2n) is 5.42. The molecule has 0 saturated carbocycles. The number of pyridine rings is 1. The van der Waals surface area contributed by atoms with E-state index in [9.17, 15) is 27.9 Å². The van der Waals surface area contributed by atoms with Gasteiger partial charge in [-0.05, 0) is 29.7 Å². The minimum Gasteiger partial charge on any atom is -0.477 e. The van der Waals surface area contributed by atoms with Crippen molar-refractivity contribution in [3.05, 3.63) is 71.2 Å². The zero-order valence-corrected chi connectivity index (χ0v) is 14.1. The lowest BCUT2D eigenvalue weighted by Crippen LogP contribution is -2.28. The Balaban J connectivity index is 2.14. The summed E-state index contributed by atoms with van der Waals surface area (Å²) in [5.41, 5.74) is -0.776. The zero-order chi connectivity index (χ0) is 20.0. The molecule has 0 aliphatic heterocycles. The molecule has 1 heterocycles. The van der Waals surface area contributed by atoms with Crippen molar-refractivity contribution in [1.82, 2.24) is 10.3 Å². The Morgan fingerprint density at radius 3 is 2.33 bits per heavy atom. The number of hydrogen-bond acceptors (Lipinski definition) is 4. The van der Waals surface area contributed by atoms with Gasteiger partial charge in [0.05, 0.1) is 0 Å². The van der Waals surface area contributed by atoms with E-state index in [1.165, 1.54) is 6.92 Å². The number of alkyl halides is 3. The number of nitrogens with zero attached hydrogens (tertiary/aromatic N) is 1. The molecule has 0 spiro atoms. The van der Waals surface area contributed by atoms with Gasteiger partial charge in [0.1, 0.15) is 18.0 Å². The molecule has 0 fully saturated rings. The Kier molecular flexibility index (Phi) is 6.17. The summed E-state index contributed by atoms with van der Waals surface area (Å²) in [6.45, 7) is 1.27. The number of halogens is 3. The van der Waals surface area contributed by atoms with Gasteiger partial charge >= 0.3 is 18.2 Å². The number of hydrogen-bond donors (Lipinski definition) is 2. The van der Waals surface area contributed by atoms with Gasteiger partial charge in [-0.1, -0.05) is 36.4 Å². The summed E-state index contributed by atoms with van der Waals surface area (Å²) in [7, 11) is 0. The summed E-state index contributed by atoms with van der Waals surface area (Å²) in [5.74, 6) is -1.47. The van der Waals surface area contributed by atoms with Gasteiger partial charge in [0.15, 0.2) is 0 Å². The minimum atomic E-state index is -4.61. The van der Waals surface area contributed by atoms with Crippen LogP contribution in [-0.4, -0.2) is 22.2 Å². The largest absolute Gasteiger partial charge is 0.477 e. The molecule has 0 aliphatic carbocycles. The number of aromatic nitrogens is 1. The van der Waals surface area contributed by atoms with Crippen LogP contribution in [0.3, 0.4) is 0 Å². The third-order valence-corrected chi connectivity index (χ3v) is 3.52. The van der Waals surface area contributed by atoms with Crippen molar-refractivity contribution in [3.63, 3.8) is 0 Å². The standard InChI is InChI=1S/C18H15F3N2O4/c1-11(13-7-8-14(22-9-13)18(19,20)21)15(16(24)25)23-17(26)27-10-12-5-3-2-4-6-12/h2-9H,10H2,1H3,(H,23,26)(H,24,25)/b15-11+. The van der Waals surface area contributed by atoms with E-state index in [0.29, 0.717) is 5.56 Å². The summed E-state index contributed by atoms with van der Waals surface area (Å²) in [4.78, 5) is 26.6. The first-order valence-electron chi connectivity index (χ1n) is 7.64. The molecule has 1 aromatic heterocycles. The van der Waals surface area contributed by atoms with E-state index in [1.807, 2.05) is 0 Å². The second kappa shape index (κ2) is 8.35. The highest BCUT2D eigenvalue weighted by molar-refractivity contribution is 5.98. The summed E-state index contributed by atoms with van der Waals surface area (Å²) in [5, 5.41) is 11.4. The fraction of sp³-hybridized carbons (Fsp3) is 0.167. The summed E-state index contributed by atoms with van der Waals surface area (Å²) in [6, 6.07) is 10.5. The van der Waals surface area contributed by atoms with E-state index in [-0.39, 0.29) is 17.7 Å². The summed E-state index contributed by atoms with van der Waals surface area (Å²) < 4.78 is 42.6. The highest BCUT2D eigenvalue weighted by atomic mass is 19.4. The van der Waals surface area contributed by atoms with Crippen molar-refractivity contribution in [2.75, 3.05) is 0 Å². The monoisotopic (exact) mass is 380 g/mol. The number of amides is 1. The molecule has 0 atom stereocenters. The maximum atomic E-state index is 12.6. The van der Waals surface area contributed by atoms with E-state index in [0.717, 1.165) is 18.3 Å². The highest BCUT2D eigenvalue weighted by Gasteiger charge is 2.32. The van der Waals surface area contributed by atoms with Gasteiger partial charge in [0.25, 0.3) is 0 Å². The molecule has 27 heavy (non-hydrogen) atoms. The van der Waals surface area contributed by atoms with Gasteiger partial charge in [-0.2, -0.15) is 13.2 Å². The number of ether oxygens (including phenoxy) is 1. The summed E-state index contributed by atoms with van der Waals surface area (Å²) in [6.07, 6.45) is -4.72. The minimum absolute atomic E-state index is 0.0281. The van der Waals surface area contributed by atoms with Crippen LogP contribution in [0.15, 0.2) is 54.4 Å². The van der Waals surface area contributed by atoms with Crippen molar-refractivity contribution in [1.29, 1.82) is 0 Å². The lowest BCUT2D eigenvalue weighted by atomic mass is 10.1. The molecule has 0 aliphatic rings. The number of carbonyl (C=O) groups excluding carboxylic acids is 1. The van der Waals surface area contributed by atoms with Crippen molar-refractivity contribution < 1.29 is 32.6 Å². The average Bonchev–Trinajstić information content (AvgIpc) is 2.64. The van der Waals surface area contributed by atoms with E-state index in [4.69, 9.17) is 4.74 Å². The van der Waals surface area contributed by atoms with Crippen molar-refractivity contribution in [2.24, 2.45) is 0 Å². The molecule has 2 aromatic rings. The number of benzene rings is 1. The van der Waals surface area contributed by atoms with E-state index in [1.54, 1.807) is 30.3 Å². The van der Waals surface area contributed by atoms with Crippen LogP contribution in [0.2, 0.25) is 0 Å². The quantitative estimate of drug-likeness (QED) is 0.770. The molecule has 142 valence electrons. The molecule has 9 heteroatoms. The van der Waals surface area contributed by atoms with Gasteiger partial charge in [-0.3, -0.25) is 10.3 Å². The molecule has 0 unspecified atom stereocenters. The average molecular weight is 380 g/mol. The molecule has 0 radical (unpaired) electrons. The Hall–Kier alpha value is -3.36. The third kappa shape index (κ3) is 5.56. The molecule has 0 saturated heterocycles. The van der Waals surface area contributed by atoms with Crippen LogP contribution in [-0.2, 0) is 22.3 Å². The van der Waals surface area contributed by atoms with Crippen LogP contribution in [0.1, 0.15) is 23.7 Å². The number of carboxylic acid groups (broad SMARTS) is 1. The molecule has 2 N–H and O–H groups in total. The first-order chi connectivity index (χ1) is 12.7. The Morgan fingerprint density at radius 2 is 1.81 bits per heavy atom. The second-order valence-corrected chi connectivity index (χ2v) is 5.42. The van der Waals surface area contributed by atoms with Gasteiger partial charge in [0, 0.05) is 6.20 Å². The lowest BCUT2D eigenvalue weighted by Gasteiger charge is -2.12. The lowest BCUT2D eigenvalue weighted by molar-refractivity contribution is -0.141.